The lowest BCUT2D eigenvalue weighted by Gasteiger charge is -2.15. The minimum Gasteiger partial charge on any atom is -0.545 e. The number of imide groups is 1. The molecule has 1 aromatic rings. The molecule has 8 heteroatoms. The molecule has 20 heavy (non-hydrogen) atoms. The van der Waals surface area contributed by atoms with Gasteiger partial charge in [-0.25, -0.2) is 0 Å². The van der Waals surface area contributed by atoms with Crippen LogP contribution >= 0.6 is 11.8 Å². The number of carbonyl (C=O) groups is 4. The van der Waals surface area contributed by atoms with Crippen molar-refractivity contribution in [2.45, 2.75) is 0 Å². The zero-order chi connectivity index (χ0) is 14.7. The summed E-state index contributed by atoms with van der Waals surface area (Å²) in [5.74, 6) is -2.50. The number of carboxylic acid groups (broad SMARTS) is 1. The average Bonchev–Trinajstić information content (AvgIpc) is 2.71. The van der Waals surface area contributed by atoms with Crippen LogP contribution in [0.4, 0.5) is 10.5 Å². The molecule has 0 atom stereocenters. The fraction of sp³-hybridized carbons (Fsp3) is 0.167. The van der Waals surface area contributed by atoms with Crippen molar-refractivity contribution < 1.29 is 24.3 Å². The van der Waals surface area contributed by atoms with Crippen LogP contribution in [0.2, 0.25) is 0 Å². The van der Waals surface area contributed by atoms with Gasteiger partial charge in [0.05, 0.1) is 11.7 Å². The van der Waals surface area contributed by atoms with Crippen molar-refractivity contribution in [1.29, 1.82) is 0 Å². The Kier molecular flexibility index (Phi) is 4.04. The monoisotopic (exact) mass is 293 g/mol. The molecule has 1 heterocycles. The molecule has 104 valence electrons. The molecule has 1 fully saturated rings. The molecule has 1 aliphatic rings. The Morgan fingerprint density at radius 1 is 1.30 bits per heavy atom. The van der Waals surface area contributed by atoms with Gasteiger partial charge in [-0.3, -0.25) is 19.3 Å². The molecule has 2 rings (SSSR count). The van der Waals surface area contributed by atoms with E-state index in [0.29, 0.717) is 0 Å². The minimum atomic E-state index is -1.43. The van der Waals surface area contributed by atoms with Gasteiger partial charge in [-0.1, -0.05) is 30.0 Å². The summed E-state index contributed by atoms with van der Waals surface area (Å²) in [4.78, 5) is 46.1. The number of hydrogen-bond acceptors (Lipinski definition) is 6. The lowest BCUT2D eigenvalue weighted by atomic mass is 10.2. The number of benzene rings is 1. The number of rotatable bonds is 4. The normalized spacial score (nSPS) is 14.5. The van der Waals surface area contributed by atoms with Gasteiger partial charge in [-0.15, -0.1) is 0 Å². The van der Waals surface area contributed by atoms with Crippen molar-refractivity contribution in [1.82, 2.24) is 4.90 Å². The third-order valence-corrected chi connectivity index (χ3v) is 3.42. The van der Waals surface area contributed by atoms with E-state index in [9.17, 15) is 24.3 Å². The van der Waals surface area contributed by atoms with E-state index in [1.54, 1.807) is 6.07 Å². The maximum absolute atomic E-state index is 11.8. The van der Waals surface area contributed by atoms with E-state index in [-0.39, 0.29) is 17.0 Å². The van der Waals surface area contributed by atoms with Gasteiger partial charge in [0.2, 0.25) is 11.8 Å². The van der Waals surface area contributed by atoms with Crippen LogP contribution in [-0.2, 0) is 9.59 Å². The summed E-state index contributed by atoms with van der Waals surface area (Å²) < 4.78 is 0. The van der Waals surface area contributed by atoms with Crippen molar-refractivity contribution in [3.05, 3.63) is 29.8 Å². The Balaban J connectivity index is 2.07. The predicted molar refractivity (Wildman–Crippen MR) is 69.0 cm³/mol. The van der Waals surface area contributed by atoms with Gasteiger partial charge in [0.25, 0.3) is 5.24 Å². The number of carbonyl (C=O) groups excluding carboxylic acids is 4. The second kappa shape index (κ2) is 5.74. The van der Waals surface area contributed by atoms with Crippen LogP contribution in [0.15, 0.2) is 24.3 Å². The number of thioether (sulfide) groups is 1. The smallest absolute Gasteiger partial charge is 0.289 e. The molecule has 1 saturated heterocycles. The first-order chi connectivity index (χ1) is 9.49. The molecule has 0 aromatic heterocycles. The number of anilines is 1. The zero-order valence-electron chi connectivity index (χ0n) is 10.1. The van der Waals surface area contributed by atoms with Crippen LogP contribution in [0.5, 0.6) is 0 Å². The quantitative estimate of drug-likeness (QED) is 0.815. The molecule has 7 nitrogen and oxygen atoms in total. The molecular formula is C12H9N2O5S-. The van der Waals surface area contributed by atoms with E-state index >= 15 is 0 Å². The van der Waals surface area contributed by atoms with Crippen molar-refractivity contribution in [2.24, 2.45) is 0 Å². The van der Waals surface area contributed by atoms with Gasteiger partial charge in [-0.2, -0.15) is 0 Å². The largest absolute Gasteiger partial charge is 0.545 e. The molecule has 0 bridgehead atoms. The van der Waals surface area contributed by atoms with Crippen LogP contribution in [0, 0.1) is 0 Å². The molecule has 0 aliphatic carbocycles. The topological polar surface area (TPSA) is 107 Å². The first-order valence-electron chi connectivity index (χ1n) is 5.56. The summed E-state index contributed by atoms with van der Waals surface area (Å²) in [5.41, 5.74) is -0.112. The minimum absolute atomic E-state index is 0.0156. The summed E-state index contributed by atoms with van der Waals surface area (Å²) >= 11 is 0.823. The summed E-state index contributed by atoms with van der Waals surface area (Å²) in [7, 11) is 0. The van der Waals surface area contributed by atoms with Gasteiger partial charge < -0.3 is 15.2 Å². The maximum atomic E-state index is 11.8. The highest BCUT2D eigenvalue weighted by Gasteiger charge is 2.31. The number of nitrogens with one attached hydrogen (secondary N) is 1. The van der Waals surface area contributed by atoms with E-state index in [2.05, 4.69) is 5.32 Å². The van der Waals surface area contributed by atoms with Crippen LogP contribution in [-0.4, -0.2) is 40.2 Å². The molecule has 3 amide bonds. The van der Waals surface area contributed by atoms with Crippen LogP contribution in [0.25, 0.3) is 0 Å². The highest BCUT2D eigenvalue weighted by molar-refractivity contribution is 8.14. The Labute approximate surface area is 117 Å². The third kappa shape index (κ3) is 2.97. The highest BCUT2D eigenvalue weighted by atomic mass is 32.2. The second-order valence-corrected chi connectivity index (χ2v) is 4.84. The van der Waals surface area contributed by atoms with Crippen LogP contribution in [0.3, 0.4) is 0 Å². The van der Waals surface area contributed by atoms with Crippen LogP contribution in [0.1, 0.15) is 10.4 Å². The SMILES string of the molecule is O=C(CN1C(=O)CSC1=O)Nc1ccccc1C(=O)[O-]. The van der Waals surface area contributed by atoms with Crippen LogP contribution < -0.4 is 10.4 Å². The number of aromatic carboxylic acids is 1. The highest BCUT2D eigenvalue weighted by Crippen LogP contribution is 2.19. The van der Waals surface area contributed by atoms with Gasteiger partial charge in [0.1, 0.15) is 6.54 Å². The lowest BCUT2D eigenvalue weighted by molar-refractivity contribution is -0.254. The summed E-state index contributed by atoms with van der Waals surface area (Å²) in [6.45, 7) is -0.438. The van der Waals surface area contributed by atoms with Gasteiger partial charge in [0.15, 0.2) is 0 Å². The van der Waals surface area contributed by atoms with Gasteiger partial charge >= 0.3 is 0 Å². The second-order valence-electron chi connectivity index (χ2n) is 3.92. The Hall–Kier alpha value is -2.35. The standard InChI is InChI=1S/C12H10N2O5S/c15-9(5-14-10(16)6-20-12(14)19)13-8-4-2-1-3-7(8)11(17)18/h1-4H,5-6H2,(H,13,15)(H,17,18)/p-1. The Morgan fingerprint density at radius 2 is 2.00 bits per heavy atom. The number of hydrogen-bond donors (Lipinski definition) is 1. The van der Waals surface area contributed by atoms with E-state index in [0.717, 1.165) is 16.7 Å². The number of carboxylic acids is 1. The molecule has 0 unspecified atom stereocenters. The average molecular weight is 293 g/mol. The van der Waals surface area contributed by atoms with E-state index in [1.165, 1.54) is 18.2 Å². The molecule has 0 radical (unpaired) electrons. The summed E-state index contributed by atoms with van der Waals surface area (Å²) in [6.07, 6.45) is 0. The van der Waals surface area contributed by atoms with Crippen molar-refractivity contribution in [2.75, 3.05) is 17.6 Å². The molecule has 1 N–H and O–H groups in total. The number of para-hydroxylation sites is 1. The molecule has 1 aliphatic heterocycles. The van der Waals surface area contributed by atoms with Gasteiger partial charge in [0, 0.05) is 11.3 Å². The fourth-order valence-electron chi connectivity index (χ4n) is 1.64. The molecule has 0 spiro atoms. The predicted octanol–water partition coefficient (Wildman–Crippen LogP) is -0.316. The van der Waals surface area contributed by atoms with Crippen molar-refractivity contribution >= 4 is 40.5 Å². The molecule has 1 aromatic carbocycles. The van der Waals surface area contributed by atoms with E-state index in [1.807, 2.05) is 0 Å². The van der Waals surface area contributed by atoms with Gasteiger partial charge in [-0.05, 0) is 6.07 Å². The van der Waals surface area contributed by atoms with Crippen molar-refractivity contribution in [3.8, 4) is 0 Å². The Bertz CT molecular complexity index is 585. The van der Waals surface area contributed by atoms with Crippen molar-refractivity contribution in [3.63, 3.8) is 0 Å². The molecule has 0 saturated carbocycles. The number of nitrogens with zero attached hydrogens (tertiary/aromatic N) is 1. The zero-order valence-corrected chi connectivity index (χ0v) is 10.9. The number of amides is 3. The maximum Gasteiger partial charge on any atom is 0.289 e. The first-order valence-corrected chi connectivity index (χ1v) is 6.55. The molecular weight excluding hydrogens is 284 g/mol. The first kappa shape index (κ1) is 14.1. The Morgan fingerprint density at radius 3 is 2.60 bits per heavy atom. The fourth-order valence-corrected chi connectivity index (χ4v) is 2.36. The van der Waals surface area contributed by atoms with E-state index < -0.39 is 29.6 Å². The van der Waals surface area contributed by atoms with E-state index in [4.69, 9.17) is 0 Å². The summed E-state index contributed by atoms with van der Waals surface area (Å²) in [5, 5.41) is 12.7. The summed E-state index contributed by atoms with van der Waals surface area (Å²) in [6, 6.07) is 5.72. The third-order valence-electron chi connectivity index (χ3n) is 2.56. The lowest BCUT2D eigenvalue weighted by Crippen LogP contribution is -2.37.